The number of rotatable bonds is 1. The molecule has 20 heavy (non-hydrogen) atoms. The molecule has 3 rings (SSSR count). The number of carbonyl (C=O) groups is 1. The number of fused-ring (bicyclic) bond motifs is 1. The maximum absolute atomic E-state index is 12.7. The highest BCUT2D eigenvalue weighted by molar-refractivity contribution is 14.1. The first-order chi connectivity index (χ1) is 9.50. The molecule has 2 unspecified atom stereocenters. The van der Waals surface area contributed by atoms with Gasteiger partial charge in [0.2, 0.25) is 5.91 Å². The van der Waals surface area contributed by atoms with Gasteiger partial charge in [-0.05, 0) is 78.1 Å². The molecule has 108 valence electrons. The third kappa shape index (κ3) is 2.16. The summed E-state index contributed by atoms with van der Waals surface area (Å²) >= 11 is 2.29. The van der Waals surface area contributed by atoms with Crippen LogP contribution in [0.25, 0.3) is 0 Å². The van der Waals surface area contributed by atoms with Crippen LogP contribution in [0.15, 0.2) is 12.1 Å². The van der Waals surface area contributed by atoms with Gasteiger partial charge in [-0.2, -0.15) is 5.01 Å². The zero-order valence-corrected chi connectivity index (χ0v) is 13.9. The first-order valence-electron chi connectivity index (χ1n) is 7.03. The molecule has 1 aromatic rings. The Bertz CT molecular complexity index is 538. The smallest absolute Gasteiger partial charge is 0.248 e. The number of hydrogen-bond acceptors (Lipinski definition) is 3. The van der Waals surface area contributed by atoms with Crippen LogP contribution in [0.1, 0.15) is 35.4 Å². The van der Waals surface area contributed by atoms with E-state index in [9.17, 15) is 9.90 Å². The van der Waals surface area contributed by atoms with Crippen LogP contribution in [0.4, 0.5) is 0 Å². The molecule has 2 aliphatic rings. The molecule has 0 bridgehead atoms. The molecule has 2 aliphatic heterocycles. The summed E-state index contributed by atoms with van der Waals surface area (Å²) in [6.07, 6.45) is 1.34. The van der Waals surface area contributed by atoms with Crippen molar-refractivity contribution in [2.24, 2.45) is 0 Å². The highest BCUT2D eigenvalue weighted by atomic mass is 127. The average molecular weight is 386 g/mol. The van der Waals surface area contributed by atoms with E-state index < -0.39 is 12.1 Å². The SMILES string of the molecule is Cc1cc(I)cc(C)c1C1C(=O)N2CCCCN2C1O. The predicted octanol–water partition coefficient (Wildman–Crippen LogP) is 2.16. The van der Waals surface area contributed by atoms with Gasteiger partial charge in [0.15, 0.2) is 0 Å². The maximum Gasteiger partial charge on any atom is 0.248 e. The number of benzene rings is 1. The molecule has 2 fully saturated rings. The minimum absolute atomic E-state index is 0.0459. The lowest BCUT2D eigenvalue weighted by molar-refractivity contribution is -0.148. The number of amides is 1. The predicted molar refractivity (Wildman–Crippen MR) is 85.0 cm³/mol. The summed E-state index contributed by atoms with van der Waals surface area (Å²) in [5.74, 6) is -0.394. The molecular formula is C15H19IN2O2. The zero-order chi connectivity index (χ0) is 14.4. The van der Waals surface area contributed by atoms with Crippen molar-refractivity contribution in [1.29, 1.82) is 0 Å². The molecule has 2 saturated heterocycles. The highest BCUT2D eigenvalue weighted by Gasteiger charge is 2.48. The molecule has 0 saturated carbocycles. The number of aryl methyl sites for hydroxylation is 2. The molecule has 2 atom stereocenters. The Hall–Kier alpha value is -0.660. The summed E-state index contributed by atoms with van der Waals surface area (Å²) in [6.45, 7) is 5.55. The van der Waals surface area contributed by atoms with Gasteiger partial charge >= 0.3 is 0 Å². The monoisotopic (exact) mass is 386 g/mol. The number of carbonyl (C=O) groups excluding carboxylic acids is 1. The minimum Gasteiger partial charge on any atom is -0.375 e. The third-order valence-corrected chi connectivity index (χ3v) is 4.93. The Labute approximate surface area is 132 Å². The summed E-state index contributed by atoms with van der Waals surface area (Å²) < 4.78 is 1.17. The van der Waals surface area contributed by atoms with Crippen LogP contribution in [-0.4, -0.2) is 40.3 Å². The van der Waals surface area contributed by atoms with Crippen molar-refractivity contribution in [3.63, 3.8) is 0 Å². The minimum atomic E-state index is -0.722. The molecule has 0 spiro atoms. The second-order valence-electron chi connectivity index (χ2n) is 5.68. The molecule has 0 aromatic heterocycles. The molecule has 2 heterocycles. The standard InChI is InChI=1S/C15H19IN2O2/c1-9-7-11(16)8-10(2)12(9)13-14(19)17-5-3-4-6-18(17)15(13)20/h7-8,13-14,19H,3-6H2,1-2H3. The largest absolute Gasteiger partial charge is 0.375 e. The van der Waals surface area contributed by atoms with Gasteiger partial charge in [0.25, 0.3) is 0 Å². The van der Waals surface area contributed by atoms with Crippen LogP contribution in [0, 0.1) is 17.4 Å². The third-order valence-electron chi connectivity index (χ3n) is 4.31. The lowest BCUT2D eigenvalue weighted by Gasteiger charge is -2.33. The van der Waals surface area contributed by atoms with Gasteiger partial charge < -0.3 is 5.11 Å². The number of nitrogens with zero attached hydrogens (tertiary/aromatic N) is 2. The van der Waals surface area contributed by atoms with Crippen molar-refractivity contribution in [1.82, 2.24) is 10.0 Å². The fourth-order valence-electron chi connectivity index (χ4n) is 3.44. The first-order valence-corrected chi connectivity index (χ1v) is 8.11. The molecule has 1 aromatic carbocycles. The van der Waals surface area contributed by atoms with E-state index in [-0.39, 0.29) is 5.91 Å². The summed E-state index contributed by atoms with van der Waals surface area (Å²) in [7, 11) is 0. The van der Waals surface area contributed by atoms with E-state index >= 15 is 0 Å². The summed E-state index contributed by atoms with van der Waals surface area (Å²) in [6, 6.07) is 4.16. The van der Waals surface area contributed by atoms with E-state index in [0.29, 0.717) is 0 Å². The van der Waals surface area contributed by atoms with E-state index in [0.717, 1.165) is 42.6 Å². The van der Waals surface area contributed by atoms with Gasteiger partial charge in [-0.1, -0.05) is 0 Å². The van der Waals surface area contributed by atoms with Crippen molar-refractivity contribution < 1.29 is 9.90 Å². The van der Waals surface area contributed by atoms with Gasteiger partial charge in [0, 0.05) is 16.7 Å². The van der Waals surface area contributed by atoms with Crippen LogP contribution in [-0.2, 0) is 4.79 Å². The van der Waals surface area contributed by atoms with Gasteiger partial charge in [-0.25, -0.2) is 0 Å². The van der Waals surface area contributed by atoms with Gasteiger partial charge in [-0.3, -0.25) is 9.80 Å². The van der Waals surface area contributed by atoms with Crippen molar-refractivity contribution in [2.45, 2.75) is 38.8 Å². The van der Waals surface area contributed by atoms with E-state index in [2.05, 4.69) is 34.7 Å². The molecular weight excluding hydrogens is 367 g/mol. The molecule has 0 aliphatic carbocycles. The summed E-state index contributed by atoms with van der Waals surface area (Å²) in [5, 5.41) is 14.2. The number of aliphatic hydroxyl groups excluding tert-OH is 1. The second kappa shape index (κ2) is 5.27. The van der Waals surface area contributed by atoms with Crippen molar-refractivity contribution in [3.05, 3.63) is 32.4 Å². The topological polar surface area (TPSA) is 43.8 Å². The fourth-order valence-corrected chi connectivity index (χ4v) is 4.38. The molecule has 0 radical (unpaired) electrons. The van der Waals surface area contributed by atoms with Crippen molar-refractivity contribution in [2.75, 3.05) is 13.1 Å². The van der Waals surface area contributed by atoms with Crippen LogP contribution < -0.4 is 0 Å². The Balaban J connectivity index is 2.04. The Morgan fingerprint density at radius 1 is 1.20 bits per heavy atom. The highest BCUT2D eigenvalue weighted by Crippen LogP contribution is 2.38. The van der Waals surface area contributed by atoms with Gasteiger partial charge in [0.05, 0.1) is 0 Å². The molecule has 1 N–H and O–H groups in total. The quantitative estimate of drug-likeness (QED) is 0.753. The van der Waals surface area contributed by atoms with E-state index in [4.69, 9.17) is 0 Å². The Morgan fingerprint density at radius 3 is 2.40 bits per heavy atom. The normalized spacial score (nSPS) is 27.0. The molecule has 4 nitrogen and oxygen atoms in total. The van der Waals surface area contributed by atoms with E-state index in [1.54, 1.807) is 5.01 Å². The Morgan fingerprint density at radius 2 is 1.80 bits per heavy atom. The summed E-state index contributed by atoms with van der Waals surface area (Å²) in [4.78, 5) is 12.7. The zero-order valence-electron chi connectivity index (χ0n) is 11.8. The van der Waals surface area contributed by atoms with Crippen LogP contribution in [0.5, 0.6) is 0 Å². The molecule has 5 heteroatoms. The van der Waals surface area contributed by atoms with Gasteiger partial charge in [-0.15, -0.1) is 0 Å². The first kappa shape index (κ1) is 14.3. The number of hydrogen-bond donors (Lipinski definition) is 1. The van der Waals surface area contributed by atoms with Crippen molar-refractivity contribution >= 4 is 28.5 Å². The number of aliphatic hydroxyl groups is 1. The molecule has 1 amide bonds. The number of halogens is 1. The maximum atomic E-state index is 12.7. The lowest BCUT2D eigenvalue weighted by Crippen LogP contribution is -2.46. The van der Waals surface area contributed by atoms with Crippen LogP contribution in [0.2, 0.25) is 0 Å². The summed E-state index contributed by atoms with van der Waals surface area (Å²) in [5.41, 5.74) is 3.18. The number of hydrazine groups is 1. The lowest BCUT2D eigenvalue weighted by atomic mass is 9.89. The van der Waals surface area contributed by atoms with Crippen LogP contribution in [0.3, 0.4) is 0 Å². The second-order valence-corrected chi connectivity index (χ2v) is 6.92. The van der Waals surface area contributed by atoms with E-state index in [1.807, 2.05) is 18.9 Å². The van der Waals surface area contributed by atoms with Gasteiger partial charge in [0.1, 0.15) is 12.1 Å². The average Bonchev–Trinajstić information content (AvgIpc) is 2.64. The fraction of sp³-hybridized carbons (Fsp3) is 0.533. The van der Waals surface area contributed by atoms with Crippen molar-refractivity contribution in [3.8, 4) is 0 Å². The van der Waals surface area contributed by atoms with Crippen LogP contribution >= 0.6 is 22.6 Å². The Kier molecular flexibility index (Phi) is 3.77. The van der Waals surface area contributed by atoms with E-state index in [1.165, 1.54) is 3.57 Å².